The Labute approximate surface area is 135 Å². The SMILES string of the molecule is COc1cc[c]c(CSc2nc(-c3ccccc3)cn2C)c1. The van der Waals surface area contributed by atoms with Crippen molar-refractivity contribution in [3.8, 4) is 17.0 Å². The van der Waals surface area contributed by atoms with Crippen molar-refractivity contribution in [2.45, 2.75) is 10.9 Å². The molecule has 2 aromatic carbocycles. The highest BCUT2D eigenvalue weighted by molar-refractivity contribution is 7.98. The number of aryl methyl sites for hydroxylation is 1. The van der Waals surface area contributed by atoms with Crippen LogP contribution in [0.5, 0.6) is 5.75 Å². The molecule has 0 aliphatic carbocycles. The van der Waals surface area contributed by atoms with Crippen LogP contribution in [0.4, 0.5) is 0 Å². The maximum Gasteiger partial charge on any atom is 0.168 e. The first-order valence-corrected chi connectivity index (χ1v) is 8.01. The second-order valence-corrected chi connectivity index (χ2v) is 5.87. The fourth-order valence-electron chi connectivity index (χ4n) is 2.18. The van der Waals surface area contributed by atoms with Crippen molar-refractivity contribution in [2.24, 2.45) is 7.05 Å². The Morgan fingerprint density at radius 2 is 2.05 bits per heavy atom. The van der Waals surface area contributed by atoms with Gasteiger partial charge in [0.1, 0.15) is 5.75 Å². The minimum absolute atomic E-state index is 0.816. The van der Waals surface area contributed by atoms with Crippen molar-refractivity contribution in [3.63, 3.8) is 0 Å². The molecule has 0 amide bonds. The molecule has 1 heterocycles. The van der Waals surface area contributed by atoms with E-state index in [1.807, 2.05) is 43.4 Å². The molecule has 0 bridgehead atoms. The number of ether oxygens (including phenoxy) is 1. The summed E-state index contributed by atoms with van der Waals surface area (Å²) >= 11 is 1.70. The Kier molecular flexibility index (Phi) is 4.49. The third-order valence-electron chi connectivity index (χ3n) is 3.33. The lowest BCUT2D eigenvalue weighted by Gasteiger charge is -2.04. The highest BCUT2D eigenvalue weighted by Gasteiger charge is 2.08. The second-order valence-electron chi connectivity index (χ2n) is 4.93. The van der Waals surface area contributed by atoms with Gasteiger partial charge in [-0.2, -0.15) is 0 Å². The Bertz CT molecular complexity index is 753. The number of hydrogen-bond donors (Lipinski definition) is 0. The number of thioether (sulfide) groups is 1. The molecule has 0 N–H and O–H groups in total. The van der Waals surface area contributed by atoms with E-state index < -0.39 is 0 Å². The quantitative estimate of drug-likeness (QED) is 0.661. The van der Waals surface area contributed by atoms with Crippen LogP contribution in [-0.2, 0) is 12.8 Å². The molecule has 0 fully saturated rings. The van der Waals surface area contributed by atoms with E-state index in [0.29, 0.717) is 0 Å². The zero-order chi connectivity index (χ0) is 15.4. The van der Waals surface area contributed by atoms with E-state index in [4.69, 9.17) is 9.72 Å². The van der Waals surface area contributed by atoms with Crippen LogP contribution >= 0.6 is 11.8 Å². The van der Waals surface area contributed by atoms with E-state index in [-0.39, 0.29) is 0 Å². The van der Waals surface area contributed by atoms with Gasteiger partial charge in [0.15, 0.2) is 5.16 Å². The smallest absolute Gasteiger partial charge is 0.168 e. The first kappa shape index (κ1) is 14.7. The molecule has 0 unspecified atom stereocenters. The summed E-state index contributed by atoms with van der Waals surface area (Å²) in [7, 11) is 3.70. The number of imidazole rings is 1. The lowest BCUT2D eigenvalue weighted by molar-refractivity contribution is 0.414. The van der Waals surface area contributed by atoms with Gasteiger partial charge in [-0.1, -0.05) is 48.2 Å². The van der Waals surface area contributed by atoms with Gasteiger partial charge in [0.2, 0.25) is 0 Å². The van der Waals surface area contributed by atoms with Gasteiger partial charge < -0.3 is 9.30 Å². The van der Waals surface area contributed by atoms with Gasteiger partial charge in [-0.3, -0.25) is 0 Å². The van der Waals surface area contributed by atoms with Gasteiger partial charge in [-0.25, -0.2) is 4.98 Å². The summed E-state index contributed by atoms with van der Waals surface area (Å²) in [6.45, 7) is 0. The monoisotopic (exact) mass is 309 g/mol. The summed E-state index contributed by atoms with van der Waals surface area (Å²) in [4.78, 5) is 4.72. The van der Waals surface area contributed by atoms with Crippen LogP contribution in [0.2, 0.25) is 0 Å². The molecule has 1 radical (unpaired) electrons. The number of nitrogens with zero attached hydrogens (tertiary/aromatic N) is 2. The lowest BCUT2D eigenvalue weighted by Crippen LogP contribution is -1.90. The summed E-state index contributed by atoms with van der Waals surface area (Å²) in [5, 5.41) is 0.995. The molecular weight excluding hydrogens is 292 g/mol. The topological polar surface area (TPSA) is 27.1 Å². The Morgan fingerprint density at radius 3 is 2.82 bits per heavy atom. The molecule has 111 valence electrons. The molecule has 0 atom stereocenters. The third-order valence-corrected chi connectivity index (χ3v) is 4.42. The molecule has 3 nitrogen and oxygen atoms in total. The second kappa shape index (κ2) is 6.71. The zero-order valence-corrected chi connectivity index (χ0v) is 13.4. The third kappa shape index (κ3) is 3.34. The van der Waals surface area contributed by atoms with Gasteiger partial charge in [0.25, 0.3) is 0 Å². The number of rotatable bonds is 5. The predicted molar refractivity (Wildman–Crippen MR) is 90.0 cm³/mol. The van der Waals surface area contributed by atoms with Crippen molar-refractivity contribution < 1.29 is 4.74 Å². The van der Waals surface area contributed by atoms with E-state index in [1.54, 1.807) is 18.9 Å². The van der Waals surface area contributed by atoms with Crippen LogP contribution in [0.15, 0.2) is 59.9 Å². The predicted octanol–water partition coefficient (Wildman–Crippen LogP) is 4.19. The van der Waals surface area contributed by atoms with Crippen LogP contribution in [0.1, 0.15) is 5.56 Å². The van der Waals surface area contributed by atoms with Crippen LogP contribution in [0.25, 0.3) is 11.3 Å². The van der Waals surface area contributed by atoms with E-state index >= 15 is 0 Å². The van der Waals surface area contributed by atoms with Gasteiger partial charge >= 0.3 is 0 Å². The Hall–Kier alpha value is -2.20. The Morgan fingerprint density at radius 1 is 1.23 bits per heavy atom. The molecule has 0 aliphatic heterocycles. The van der Waals surface area contributed by atoms with Gasteiger partial charge in [0.05, 0.1) is 12.8 Å². The first-order chi connectivity index (χ1) is 10.8. The largest absolute Gasteiger partial charge is 0.497 e. The maximum absolute atomic E-state index is 5.24. The van der Waals surface area contributed by atoms with E-state index in [9.17, 15) is 0 Å². The van der Waals surface area contributed by atoms with E-state index in [0.717, 1.165) is 33.5 Å². The highest BCUT2D eigenvalue weighted by Crippen LogP contribution is 2.26. The van der Waals surface area contributed by atoms with E-state index in [1.165, 1.54) is 0 Å². The van der Waals surface area contributed by atoms with Crippen molar-refractivity contribution in [3.05, 3.63) is 66.4 Å². The minimum atomic E-state index is 0.816. The molecule has 0 spiro atoms. The molecule has 4 heteroatoms. The molecule has 0 aliphatic rings. The summed E-state index contributed by atoms with van der Waals surface area (Å²) in [5.41, 5.74) is 3.24. The van der Waals surface area contributed by atoms with Gasteiger partial charge in [0, 0.05) is 24.6 Å². The summed E-state index contributed by atoms with van der Waals surface area (Å²) in [6, 6.07) is 19.3. The van der Waals surface area contributed by atoms with E-state index in [2.05, 4.69) is 29.0 Å². The maximum atomic E-state index is 5.24. The molecule has 0 saturated carbocycles. The first-order valence-electron chi connectivity index (χ1n) is 7.02. The van der Waals surface area contributed by atoms with Crippen molar-refractivity contribution >= 4 is 11.8 Å². The molecule has 3 aromatic rings. The molecule has 3 rings (SSSR count). The molecular formula is C18H17N2OS. The lowest BCUT2D eigenvalue weighted by atomic mass is 10.2. The van der Waals surface area contributed by atoms with Crippen molar-refractivity contribution in [1.29, 1.82) is 0 Å². The number of hydrogen-bond acceptors (Lipinski definition) is 3. The summed E-state index contributed by atoms with van der Waals surface area (Å²) in [6.07, 6.45) is 2.06. The number of aromatic nitrogens is 2. The minimum Gasteiger partial charge on any atom is -0.497 e. The highest BCUT2D eigenvalue weighted by atomic mass is 32.2. The molecule has 22 heavy (non-hydrogen) atoms. The van der Waals surface area contributed by atoms with Crippen LogP contribution in [-0.4, -0.2) is 16.7 Å². The van der Waals surface area contributed by atoms with Gasteiger partial charge in [-0.05, 0) is 23.8 Å². The summed E-state index contributed by atoms with van der Waals surface area (Å²) in [5.74, 6) is 1.68. The van der Waals surface area contributed by atoms with Crippen LogP contribution in [0.3, 0.4) is 0 Å². The normalized spacial score (nSPS) is 10.6. The van der Waals surface area contributed by atoms with Crippen LogP contribution in [0, 0.1) is 6.07 Å². The van der Waals surface area contributed by atoms with Crippen molar-refractivity contribution in [2.75, 3.05) is 7.11 Å². The van der Waals surface area contributed by atoms with Gasteiger partial charge in [-0.15, -0.1) is 0 Å². The molecule has 1 aromatic heterocycles. The molecule has 0 saturated heterocycles. The fourth-order valence-corrected chi connectivity index (χ4v) is 3.05. The van der Waals surface area contributed by atoms with Crippen LogP contribution < -0.4 is 4.74 Å². The standard InChI is InChI=1S/C18H17N2OS/c1-20-12-17(15-8-4-3-5-9-15)19-18(20)22-13-14-7-6-10-16(11-14)21-2/h3-6,8-12H,13H2,1-2H3. The number of methoxy groups -OCH3 is 1. The van der Waals surface area contributed by atoms with Crippen molar-refractivity contribution in [1.82, 2.24) is 9.55 Å². The average molecular weight is 309 g/mol. The fraction of sp³-hybridized carbons (Fsp3) is 0.167. The number of benzene rings is 2. The Balaban J connectivity index is 1.74. The zero-order valence-electron chi connectivity index (χ0n) is 12.6. The summed E-state index contributed by atoms with van der Waals surface area (Å²) < 4.78 is 7.31. The average Bonchev–Trinajstić information content (AvgIpc) is 2.95.